The number of anilines is 1. The largest absolute Gasteiger partial charge is 0.316 e. The Balaban J connectivity index is 1.83. The second-order valence-electron chi connectivity index (χ2n) is 5.47. The first-order chi connectivity index (χ1) is 9.75. The van der Waals surface area contributed by atoms with Crippen molar-refractivity contribution < 1.29 is 4.79 Å². The molecule has 1 fully saturated rings. The van der Waals surface area contributed by atoms with Gasteiger partial charge in [0.05, 0.1) is 5.92 Å². The SMILES string of the molecule is CN(C(=O)C1CCCNC1)c1ccc2ccccc2c1. The van der Waals surface area contributed by atoms with Gasteiger partial charge in [-0.2, -0.15) is 0 Å². The van der Waals surface area contributed by atoms with Gasteiger partial charge in [-0.1, -0.05) is 30.3 Å². The Bertz CT molecular complexity index is 617. The van der Waals surface area contributed by atoms with Crippen molar-refractivity contribution in [3.05, 3.63) is 42.5 Å². The molecule has 1 N–H and O–H groups in total. The molecular weight excluding hydrogens is 248 g/mol. The van der Waals surface area contributed by atoms with E-state index in [9.17, 15) is 4.79 Å². The molecule has 0 bridgehead atoms. The van der Waals surface area contributed by atoms with Gasteiger partial charge in [0.25, 0.3) is 0 Å². The van der Waals surface area contributed by atoms with Crippen LogP contribution in [0.15, 0.2) is 42.5 Å². The minimum Gasteiger partial charge on any atom is -0.316 e. The molecule has 0 radical (unpaired) electrons. The van der Waals surface area contributed by atoms with E-state index in [4.69, 9.17) is 0 Å². The highest BCUT2D eigenvalue weighted by Crippen LogP contribution is 2.23. The van der Waals surface area contributed by atoms with Crippen LogP contribution < -0.4 is 10.2 Å². The predicted molar refractivity (Wildman–Crippen MR) is 83.0 cm³/mol. The molecule has 1 amide bonds. The van der Waals surface area contributed by atoms with Crippen molar-refractivity contribution in [2.24, 2.45) is 5.92 Å². The molecule has 0 spiro atoms. The number of amides is 1. The summed E-state index contributed by atoms with van der Waals surface area (Å²) in [5, 5.41) is 5.68. The standard InChI is InChI=1S/C17H20N2O/c1-19(17(20)15-7-4-10-18-12-15)16-9-8-13-5-2-3-6-14(13)11-16/h2-3,5-6,8-9,11,15,18H,4,7,10,12H2,1H3. The molecule has 0 saturated carbocycles. The van der Waals surface area contributed by atoms with Crippen LogP contribution in [-0.2, 0) is 4.79 Å². The van der Waals surface area contributed by atoms with Gasteiger partial charge in [0.1, 0.15) is 0 Å². The summed E-state index contributed by atoms with van der Waals surface area (Å²) in [5.41, 5.74) is 0.972. The van der Waals surface area contributed by atoms with E-state index < -0.39 is 0 Å². The summed E-state index contributed by atoms with van der Waals surface area (Å²) in [6.07, 6.45) is 2.08. The Morgan fingerprint density at radius 2 is 2.00 bits per heavy atom. The number of hydrogen-bond acceptors (Lipinski definition) is 2. The number of rotatable bonds is 2. The highest BCUT2D eigenvalue weighted by molar-refractivity contribution is 5.97. The first-order valence-corrected chi connectivity index (χ1v) is 7.23. The van der Waals surface area contributed by atoms with Crippen LogP contribution in [0.3, 0.4) is 0 Å². The number of fused-ring (bicyclic) bond motifs is 1. The fourth-order valence-electron chi connectivity index (χ4n) is 2.85. The van der Waals surface area contributed by atoms with Crippen molar-refractivity contribution in [1.82, 2.24) is 5.32 Å². The van der Waals surface area contributed by atoms with Crippen LogP contribution in [0.2, 0.25) is 0 Å². The van der Waals surface area contributed by atoms with Crippen LogP contribution in [0, 0.1) is 5.92 Å². The summed E-state index contributed by atoms with van der Waals surface area (Å²) in [7, 11) is 1.88. The summed E-state index contributed by atoms with van der Waals surface area (Å²) in [4.78, 5) is 14.3. The minimum absolute atomic E-state index is 0.111. The Morgan fingerprint density at radius 3 is 2.75 bits per heavy atom. The number of carbonyl (C=O) groups is 1. The summed E-state index contributed by atoms with van der Waals surface area (Å²) < 4.78 is 0. The number of benzene rings is 2. The van der Waals surface area contributed by atoms with Crippen molar-refractivity contribution in [2.75, 3.05) is 25.0 Å². The quantitative estimate of drug-likeness (QED) is 0.908. The first kappa shape index (κ1) is 13.1. The molecule has 0 aromatic heterocycles. The lowest BCUT2D eigenvalue weighted by atomic mass is 9.98. The number of hydrogen-bond donors (Lipinski definition) is 1. The van der Waals surface area contributed by atoms with Crippen molar-refractivity contribution in [1.29, 1.82) is 0 Å². The summed E-state index contributed by atoms with van der Waals surface area (Å²) in [6, 6.07) is 14.4. The van der Waals surface area contributed by atoms with Gasteiger partial charge in [-0.3, -0.25) is 4.79 Å². The monoisotopic (exact) mass is 268 g/mol. The van der Waals surface area contributed by atoms with E-state index in [-0.39, 0.29) is 11.8 Å². The van der Waals surface area contributed by atoms with E-state index in [1.807, 2.05) is 25.2 Å². The highest BCUT2D eigenvalue weighted by Gasteiger charge is 2.24. The van der Waals surface area contributed by atoms with E-state index in [0.29, 0.717) is 0 Å². The second kappa shape index (κ2) is 5.63. The Hall–Kier alpha value is -1.87. The average Bonchev–Trinajstić information content (AvgIpc) is 2.54. The molecule has 2 aromatic carbocycles. The van der Waals surface area contributed by atoms with Gasteiger partial charge in [0, 0.05) is 19.3 Å². The van der Waals surface area contributed by atoms with Gasteiger partial charge in [-0.05, 0) is 42.3 Å². The van der Waals surface area contributed by atoms with E-state index in [1.165, 1.54) is 10.8 Å². The van der Waals surface area contributed by atoms with E-state index in [1.54, 1.807) is 4.90 Å². The van der Waals surface area contributed by atoms with Crippen molar-refractivity contribution in [3.8, 4) is 0 Å². The normalized spacial score (nSPS) is 18.9. The molecule has 1 heterocycles. The lowest BCUT2D eigenvalue weighted by Gasteiger charge is -2.27. The lowest BCUT2D eigenvalue weighted by Crippen LogP contribution is -2.41. The molecule has 1 aliphatic heterocycles. The third-order valence-corrected chi connectivity index (χ3v) is 4.10. The predicted octanol–water partition coefficient (Wildman–Crippen LogP) is 2.80. The zero-order chi connectivity index (χ0) is 13.9. The van der Waals surface area contributed by atoms with Gasteiger partial charge in [-0.25, -0.2) is 0 Å². The molecule has 1 unspecified atom stereocenters. The van der Waals surface area contributed by atoms with Crippen molar-refractivity contribution >= 4 is 22.4 Å². The van der Waals surface area contributed by atoms with Crippen molar-refractivity contribution in [3.63, 3.8) is 0 Å². The van der Waals surface area contributed by atoms with Crippen LogP contribution >= 0.6 is 0 Å². The summed E-state index contributed by atoms with van der Waals surface area (Å²) in [5.74, 6) is 0.327. The van der Waals surface area contributed by atoms with Gasteiger partial charge in [0.15, 0.2) is 0 Å². The molecule has 3 nitrogen and oxygen atoms in total. The average molecular weight is 268 g/mol. The number of carbonyl (C=O) groups excluding carboxylic acids is 1. The molecule has 3 rings (SSSR count). The third-order valence-electron chi connectivity index (χ3n) is 4.10. The zero-order valence-corrected chi connectivity index (χ0v) is 11.8. The highest BCUT2D eigenvalue weighted by atomic mass is 16.2. The smallest absolute Gasteiger partial charge is 0.231 e. The molecule has 20 heavy (non-hydrogen) atoms. The number of nitrogens with one attached hydrogen (secondary N) is 1. The summed E-state index contributed by atoms with van der Waals surface area (Å²) >= 11 is 0. The van der Waals surface area contributed by atoms with Crippen LogP contribution in [0.5, 0.6) is 0 Å². The van der Waals surface area contributed by atoms with E-state index >= 15 is 0 Å². The van der Waals surface area contributed by atoms with Crippen LogP contribution in [0.25, 0.3) is 10.8 Å². The third kappa shape index (κ3) is 2.54. The van der Waals surface area contributed by atoms with Gasteiger partial charge in [-0.15, -0.1) is 0 Å². The molecule has 3 heteroatoms. The molecule has 0 aliphatic carbocycles. The second-order valence-corrected chi connectivity index (χ2v) is 5.47. The Morgan fingerprint density at radius 1 is 1.20 bits per heavy atom. The first-order valence-electron chi connectivity index (χ1n) is 7.23. The van der Waals surface area contributed by atoms with Gasteiger partial charge >= 0.3 is 0 Å². The fourth-order valence-corrected chi connectivity index (χ4v) is 2.85. The van der Waals surface area contributed by atoms with Gasteiger partial charge < -0.3 is 10.2 Å². The van der Waals surface area contributed by atoms with E-state index in [0.717, 1.165) is 31.6 Å². The van der Waals surface area contributed by atoms with Crippen molar-refractivity contribution in [2.45, 2.75) is 12.8 Å². The molecule has 1 saturated heterocycles. The minimum atomic E-state index is 0.111. The molecule has 2 aromatic rings. The topological polar surface area (TPSA) is 32.3 Å². The zero-order valence-electron chi connectivity index (χ0n) is 11.8. The summed E-state index contributed by atoms with van der Waals surface area (Å²) in [6.45, 7) is 1.83. The van der Waals surface area contributed by atoms with Crippen LogP contribution in [-0.4, -0.2) is 26.0 Å². The molecule has 1 atom stereocenters. The van der Waals surface area contributed by atoms with Crippen LogP contribution in [0.4, 0.5) is 5.69 Å². The maximum atomic E-state index is 12.5. The van der Waals surface area contributed by atoms with E-state index in [2.05, 4.69) is 29.6 Å². The van der Waals surface area contributed by atoms with Crippen LogP contribution in [0.1, 0.15) is 12.8 Å². The Labute approximate surface area is 119 Å². The molecule has 1 aliphatic rings. The molecule has 104 valence electrons. The lowest BCUT2D eigenvalue weighted by molar-refractivity contribution is -0.122. The maximum Gasteiger partial charge on any atom is 0.231 e. The maximum absolute atomic E-state index is 12.5. The number of nitrogens with zero attached hydrogens (tertiary/aromatic N) is 1. The number of piperidine rings is 1. The fraction of sp³-hybridized carbons (Fsp3) is 0.353. The Kier molecular flexibility index (Phi) is 3.70. The van der Waals surface area contributed by atoms with Gasteiger partial charge in [0.2, 0.25) is 5.91 Å². The molecular formula is C17H20N2O.